The van der Waals surface area contributed by atoms with Gasteiger partial charge in [0.25, 0.3) is 0 Å². The molecule has 0 unspecified atom stereocenters. The highest BCUT2D eigenvalue weighted by Gasteiger charge is 1.81. The molecule has 3 nitrogen and oxygen atoms in total. The molecule has 0 radical (unpaired) electrons. The van der Waals surface area contributed by atoms with Crippen LogP contribution in [0, 0.1) is 0 Å². The van der Waals surface area contributed by atoms with Crippen molar-refractivity contribution in [2.45, 2.75) is 13.2 Å². The van der Waals surface area contributed by atoms with Crippen molar-refractivity contribution in [3.05, 3.63) is 0 Å². The van der Waals surface area contributed by atoms with E-state index in [4.69, 9.17) is 11.5 Å². The van der Waals surface area contributed by atoms with Crippen LogP contribution in [-0.2, 0) is 0 Å². The Morgan fingerprint density at radius 3 is 2.17 bits per heavy atom. The molecule has 5 N–H and O–H groups in total. The van der Waals surface area contributed by atoms with Gasteiger partial charge in [-0.2, -0.15) is 0 Å². The van der Waals surface area contributed by atoms with Crippen LogP contribution in [0.25, 0.3) is 0 Å². The average Bonchev–Trinajstić information content (AvgIpc) is 1.35. The molecule has 38 valence electrons. The van der Waals surface area contributed by atoms with E-state index in [1.54, 1.807) is 0 Å². The highest BCUT2D eigenvalue weighted by Crippen LogP contribution is 1.48. The first-order chi connectivity index (χ1) is 2.77. The average molecular weight is 89.1 g/mol. The third-order valence-corrected chi connectivity index (χ3v) is 0.440. The highest BCUT2D eigenvalue weighted by atomic mass is 15.1. The molecule has 0 saturated heterocycles. The molecule has 0 aromatic carbocycles. The van der Waals surface area contributed by atoms with E-state index < -0.39 is 0 Å². The monoisotopic (exact) mass is 89.1 g/mol. The third-order valence-electron chi connectivity index (χ3n) is 0.440. The third kappa shape index (κ3) is 3.88. The van der Waals surface area contributed by atoms with Gasteiger partial charge in [-0.1, -0.05) is 6.92 Å². The second-order valence-electron chi connectivity index (χ2n) is 1.08. The van der Waals surface area contributed by atoms with Gasteiger partial charge in [0, 0.05) is 0 Å². The number of rotatable bonds is 2. The van der Waals surface area contributed by atoms with E-state index in [1.165, 1.54) is 0 Å². The second kappa shape index (κ2) is 3.08. The normalized spacial score (nSPS) is 10.0. The number of nitrogens with one attached hydrogen (secondary N) is 1. The van der Waals surface area contributed by atoms with Crippen LogP contribution in [-0.4, -0.2) is 12.8 Å². The highest BCUT2D eigenvalue weighted by molar-refractivity contribution is 4.41. The van der Waals surface area contributed by atoms with Gasteiger partial charge in [0.1, 0.15) is 6.29 Å². The van der Waals surface area contributed by atoms with Crippen LogP contribution in [0.15, 0.2) is 0 Å². The summed E-state index contributed by atoms with van der Waals surface area (Å²) in [5.41, 5.74) is 10.1. The van der Waals surface area contributed by atoms with Crippen molar-refractivity contribution in [3.8, 4) is 0 Å². The first kappa shape index (κ1) is 5.88. The Morgan fingerprint density at radius 1 is 1.67 bits per heavy atom. The number of hydrogen-bond acceptors (Lipinski definition) is 3. The SMILES string of the molecule is CCNC(N)N. The van der Waals surface area contributed by atoms with Crippen molar-refractivity contribution in [2.24, 2.45) is 11.5 Å². The van der Waals surface area contributed by atoms with E-state index in [1.807, 2.05) is 6.92 Å². The fraction of sp³-hybridized carbons (Fsp3) is 1.00. The molecule has 0 fully saturated rings. The zero-order valence-electron chi connectivity index (χ0n) is 3.94. The molecule has 6 heavy (non-hydrogen) atoms. The molecule has 0 amide bonds. The van der Waals surface area contributed by atoms with Crippen molar-refractivity contribution < 1.29 is 0 Å². The lowest BCUT2D eigenvalue weighted by Crippen LogP contribution is -2.44. The Morgan fingerprint density at radius 2 is 2.17 bits per heavy atom. The van der Waals surface area contributed by atoms with Crippen molar-refractivity contribution in [2.75, 3.05) is 6.54 Å². The quantitative estimate of drug-likeness (QED) is 0.372. The zero-order valence-corrected chi connectivity index (χ0v) is 3.94. The van der Waals surface area contributed by atoms with Gasteiger partial charge in [0.15, 0.2) is 0 Å². The van der Waals surface area contributed by atoms with Gasteiger partial charge in [-0.15, -0.1) is 0 Å². The molecular weight excluding hydrogens is 78.1 g/mol. The lowest BCUT2D eigenvalue weighted by Gasteiger charge is -2.01. The molecule has 0 rings (SSSR count). The molecular formula is C3H11N3. The van der Waals surface area contributed by atoms with Gasteiger partial charge < -0.3 is 11.5 Å². The van der Waals surface area contributed by atoms with Gasteiger partial charge in [0.2, 0.25) is 0 Å². The summed E-state index contributed by atoms with van der Waals surface area (Å²) in [7, 11) is 0. The van der Waals surface area contributed by atoms with E-state index >= 15 is 0 Å². The van der Waals surface area contributed by atoms with Crippen molar-refractivity contribution in [1.29, 1.82) is 0 Å². The molecule has 0 spiro atoms. The summed E-state index contributed by atoms with van der Waals surface area (Å²) in [4.78, 5) is 0. The standard InChI is InChI=1S/C3H11N3/c1-2-6-3(4)5/h3,6H,2,4-5H2,1H3. The lowest BCUT2D eigenvalue weighted by molar-refractivity contribution is 0.565. The second-order valence-corrected chi connectivity index (χ2v) is 1.08. The molecule has 0 atom stereocenters. The largest absolute Gasteiger partial charge is 0.304 e. The number of hydrogen-bond donors (Lipinski definition) is 3. The minimum Gasteiger partial charge on any atom is -0.304 e. The molecule has 0 bridgehead atoms. The van der Waals surface area contributed by atoms with Gasteiger partial charge >= 0.3 is 0 Å². The Kier molecular flexibility index (Phi) is 3.02. The van der Waals surface area contributed by atoms with Crippen molar-refractivity contribution >= 4 is 0 Å². The van der Waals surface area contributed by atoms with Gasteiger partial charge in [-0.3, -0.25) is 5.32 Å². The Hall–Kier alpha value is -0.120. The predicted octanol–water partition coefficient (Wildman–Crippen LogP) is -1.20. The molecule has 0 aromatic heterocycles. The maximum atomic E-state index is 5.07. The van der Waals surface area contributed by atoms with Crippen molar-refractivity contribution in [3.63, 3.8) is 0 Å². The fourth-order valence-electron chi connectivity index (χ4n) is 0.236. The molecule has 0 aliphatic rings. The summed E-state index contributed by atoms with van der Waals surface area (Å²) in [5, 5.41) is 2.76. The summed E-state index contributed by atoms with van der Waals surface area (Å²) in [6, 6.07) is 0. The number of nitrogens with two attached hydrogens (primary N) is 2. The van der Waals surface area contributed by atoms with E-state index in [2.05, 4.69) is 5.32 Å². The summed E-state index contributed by atoms with van der Waals surface area (Å²) in [5.74, 6) is 0. The molecule has 0 aliphatic carbocycles. The molecule has 3 heteroatoms. The van der Waals surface area contributed by atoms with Crippen LogP contribution < -0.4 is 16.8 Å². The van der Waals surface area contributed by atoms with Gasteiger partial charge in [-0.05, 0) is 6.54 Å². The first-order valence-electron chi connectivity index (χ1n) is 2.02. The Labute approximate surface area is 37.7 Å². The molecule has 0 aliphatic heterocycles. The van der Waals surface area contributed by atoms with E-state index in [0.717, 1.165) is 6.54 Å². The Balaban J connectivity index is 2.63. The van der Waals surface area contributed by atoms with E-state index in [0.29, 0.717) is 0 Å². The minimum absolute atomic E-state index is 0.352. The first-order valence-corrected chi connectivity index (χ1v) is 2.02. The molecule has 0 heterocycles. The topological polar surface area (TPSA) is 64.1 Å². The van der Waals surface area contributed by atoms with E-state index in [9.17, 15) is 0 Å². The summed E-state index contributed by atoms with van der Waals surface area (Å²) in [6.45, 7) is 2.78. The molecule has 0 aromatic rings. The van der Waals surface area contributed by atoms with Crippen LogP contribution in [0.3, 0.4) is 0 Å². The minimum atomic E-state index is -0.352. The summed E-state index contributed by atoms with van der Waals surface area (Å²) in [6.07, 6.45) is -0.352. The zero-order chi connectivity index (χ0) is 4.99. The van der Waals surface area contributed by atoms with E-state index in [-0.39, 0.29) is 6.29 Å². The van der Waals surface area contributed by atoms with Crippen LogP contribution >= 0.6 is 0 Å². The fourth-order valence-corrected chi connectivity index (χ4v) is 0.236. The van der Waals surface area contributed by atoms with Crippen LogP contribution in [0.4, 0.5) is 0 Å². The Bertz CT molecular complexity index is 27.2. The van der Waals surface area contributed by atoms with Crippen LogP contribution in [0.5, 0.6) is 0 Å². The summed E-state index contributed by atoms with van der Waals surface area (Å²) >= 11 is 0. The lowest BCUT2D eigenvalue weighted by atomic mass is 10.7. The van der Waals surface area contributed by atoms with Crippen LogP contribution in [0.2, 0.25) is 0 Å². The van der Waals surface area contributed by atoms with Gasteiger partial charge in [0.05, 0.1) is 0 Å². The van der Waals surface area contributed by atoms with Gasteiger partial charge in [-0.25, -0.2) is 0 Å². The maximum absolute atomic E-state index is 5.07. The predicted molar refractivity (Wildman–Crippen MR) is 25.8 cm³/mol. The maximum Gasteiger partial charge on any atom is 0.106 e. The van der Waals surface area contributed by atoms with Crippen LogP contribution in [0.1, 0.15) is 6.92 Å². The smallest absolute Gasteiger partial charge is 0.106 e. The summed E-state index contributed by atoms with van der Waals surface area (Å²) < 4.78 is 0. The van der Waals surface area contributed by atoms with Crippen molar-refractivity contribution in [1.82, 2.24) is 5.32 Å². The molecule has 0 saturated carbocycles.